The Morgan fingerprint density at radius 3 is 2.68 bits per heavy atom. The maximum atomic E-state index is 12.2. The topological polar surface area (TPSA) is 68.5 Å². The monoisotopic (exact) mass is 297 g/mol. The summed E-state index contributed by atoms with van der Waals surface area (Å²) >= 11 is 0.872. The van der Waals surface area contributed by atoms with Crippen molar-refractivity contribution in [1.29, 1.82) is 0 Å². The van der Waals surface area contributed by atoms with Crippen molar-refractivity contribution in [2.75, 3.05) is 30.8 Å². The van der Waals surface area contributed by atoms with E-state index in [1.54, 1.807) is 6.92 Å². The predicted molar refractivity (Wildman–Crippen MR) is 66.4 cm³/mol. The number of hydrogen-bond donors (Lipinski definition) is 1. The van der Waals surface area contributed by atoms with Gasteiger partial charge in [0.05, 0.1) is 13.0 Å². The van der Waals surface area contributed by atoms with Crippen molar-refractivity contribution >= 4 is 28.3 Å². The minimum atomic E-state index is -4.26. The van der Waals surface area contributed by atoms with Crippen LogP contribution in [0.3, 0.4) is 0 Å². The van der Waals surface area contributed by atoms with E-state index < -0.39 is 18.6 Å². The highest BCUT2D eigenvalue weighted by molar-refractivity contribution is 7.11. The Labute approximate surface area is 112 Å². The quantitative estimate of drug-likeness (QED) is 0.845. The van der Waals surface area contributed by atoms with E-state index in [1.165, 1.54) is 11.9 Å². The summed E-state index contributed by atoms with van der Waals surface area (Å²) in [6, 6.07) is 0. The predicted octanol–water partition coefficient (Wildman–Crippen LogP) is 2.29. The van der Waals surface area contributed by atoms with E-state index in [-0.39, 0.29) is 29.5 Å². The molecule has 0 aromatic carbocycles. The van der Waals surface area contributed by atoms with Gasteiger partial charge in [-0.05, 0) is 18.5 Å². The molecule has 0 aliphatic rings. The average molecular weight is 297 g/mol. The lowest BCUT2D eigenvalue weighted by atomic mass is 10.3. The molecule has 0 unspecified atom stereocenters. The molecule has 5 nitrogen and oxygen atoms in total. The SMILES string of the molecule is CCOC(=O)c1c(N)nsc1N(C)CCC(F)(F)F. The lowest BCUT2D eigenvalue weighted by molar-refractivity contribution is -0.132. The molecule has 0 aliphatic heterocycles. The number of anilines is 2. The summed E-state index contributed by atoms with van der Waals surface area (Å²) in [4.78, 5) is 13.0. The van der Waals surface area contributed by atoms with Crippen LogP contribution in [0.5, 0.6) is 0 Å². The van der Waals surface area contributed by atoms with Gasteiger partial charge in [0.25, 0.3) is 0 Å². The molecular formula is C10H14F3N3O2S. The van der Waals surface area contributed by atoms with Crippen LogP contribution in [0, 0.1) is 0 Å². The highest BCUT2D eigenvalue weighted by Gasteiger charge is 2.29. The zero-order valence-electron chi connectivity index (χ0n) is 10.5. The lowest BCUT2D eigenvalue weighted by Gasteiger charge is -2.18. The van der Waals surface area contributed by atoms with Gasteiger partial charge in [0, 0.05) is 13.6 Å². The first kappa shape index (κ1) is 15.5. The van der Waals surface area contributed by atoms with Crippen molar-refractivity contribution in [3.05, 3.63) is 5.56 Å². The molecule has 1 aromatic heterocycles. The summed E-state index contributed by atoms with van der Waals surface area (Å²) in [5.74, 6) is -0.708. The van der Waals surface area contributed by atoms with E-state index in [4.69, 9.17) is 10.5 Å². The number of nitrogens with zero attached hydrogens (tertiary/aromatic N) is 2. The highest BCUT2D eigenvalue weighted by Crippen LogP contribution is 2.31. The molecule has 0 atom stereocenters. The van der Waals surface area contributed by atoms with Crippen LogP contribution in [0.4, 0.5) is 24.0 Å². The van der Waals surface area contributed by atoms with E-state index in [1.807, 2.05) is 0 Å². The molecule has 108 valence electrons. The average Bonchev–Trinajstić information content (AvgIpc) is 2.67. The first-order chi connectivity index (χ1) is 8.76. The third-order valence-corrected chi connectivity index (χ3v) is 3.23. The molecule has 0 saturated carbocycles. The van der Waals surface area contributed by atoms with E-state index in [0.29, 0.717) is 0 Å². The maximum absolute atomic E-state index is 12.2. The van der Waals surface area contributed by atoms with Gasteiger partial charge in [-0.1, -0.05) is 0 Å². The Bertz CT molecular complexity index is 448. The van der Waals surface area contributed by atoms with Crippen LogP contribution in [-0.2, 0) is 4.74 Å². The van der Waals surface area contributed by atoms with Crippen LogP contribution in [0.15, 0.2) is 0 Å². The molecule has 0 spiro atoms. The molecule has 0 saturated heterocycles. The minimum absolute atomic E-state index is 0.0246. The van der Waals surface area contributed by atoms with Crippen LogP contribution in [0.2, 0.25) is 0 Å². The molecular weight excluding hydrogens is 283 g/mol. The van der Waals surface area contributed by atoms with Crippen molar-refractivity contribution in [2.45, 2.75) is 19.5 Å². The highest BCUT2D eigenvalue weighted by atomic mass is 32.1. The number of alkyl halides is 3. The standard InChI is InChI=1S/C10H14F3N3O2S/c1-3-18-9(17)6-7(14)15-19-8(6)16(2)5-4-10(11,12)13/h3-5H2,1-2H3,(H2,14,15). The van der Waals surface area contributed by atoms with Crippen LogP contribution in [0.1, 0.15) is 23.7 Å². The number of ether oxygens (including phenoxy) is 1. The van der Waals surface area contributed by atoms with E-state index >= 15 is 0 Å². The van der Waals surface area contributed by atoms with Gasteiger partial charge < -0.3 is 15.4 Å². The summed E-state index contributed by atoms with van der Waals surface area (Å²) in [5, 5.41) is 0.278. The second-order valence-corrected chi connectivity index (χ2v) is 4.51. The molecule has 19 heavy (non-hydrogen) atoms. The van der Waals surface area contributed by atoms with Gasteiger partial charge >= 0.3 is 12.1 Å². The molecule has 1 heterocycles. The second-order valence-electron chi connectivity index (χ2n) is 3.76. The molecule has 0 fully saturated rings. The number of carbonyl (C=O) groups excluding carboxylic acids is 1. The number of nitrogen functional groups attached to an aromatic ring is 1. The number of nitrogens with two attached hydrogens (primary N) is 1. The summed E-state index contributed by atoms with van der Waals surface area (Å²) in [6.07, 6.45) is -5.24. The lowest BCUT2D eigenvalue weighted by Crippen LogP contribution is -2.25. The molecule has 0 aliphatic carbocycles. The van der Waals surface area contributed by atoms with Gasteiger partial charge in [-0.15, -0.1) is 0 Å². The second kappa shape index (κ2) is 6.09. The van der Waals surface area contributed by atoms with Crippen LogP contribution in [-0.4, -0.2) is 36.7 Å². The largest absolute Gasteiger partial charge is 0.462 e. The summed E-state index contributed by atoms with van der Waals surface area (Å²) in [5.41, 5.74) is 5.57. The van der Waals surface area contributed by atoms with Gasteiger partial charge in [-0.3, -0.25) is 0 Å². The molecule has 2 N–H and O–H groups in total. The Hall–Kier alpha value is -1.51. The van der Waals surface area contributed by atoms with Crippen molar-refractivity contribution in [2.24, 2.45) is 0 Å². The fourth-order valence-electron chi connectivity index (χ4n) is 1.34. The first-order valence-corrected chi connectivity index (χ1v) is 6.23. The van der Waals surface area contributed by atoms with Crippen molar-refractivity contribution in [3.63, 3.8) is 0 Å². The number of carbonyl (C=O) groups is 1. The fraction of sp³-hybridized carbons (Fsp3) is 0.600. The molecule has 9 heteroatoms. The minimum Gasteiger partial charge on any atom is -0.462 e. The summed E-state index contributed by atoms with van der Waals surface area (Å²) in [6.45, 7) is 1.50. The Balaban J connectivity index is 2.86. The van der Waals surface area contributed by atoms with Crippen LogP contribution >= 0.6 is 11.5 Å². The van der Waals surface area contributed by atoms with Gasteiger partial charge in [-0.25, -0.2) is 4.79 Å². The summed E-state index contributed by atoms with van der Waals surface area (Å²) < 4.78 is 45.1. The third-order valence-electron chi connectivity index (χ3n) is 2.26. The molecule has 0 amide bonds. The van der Waals surface area contributed by atoms with Gasteiger partial charge in [0.1, 0.15) is 10.6 Å². The Kier molecular flexibility index (Phi) is 4.98. The van der Waals surface area contributed by atoms with E-state index in [0.717, 1.165) is 11.5 Å². The molecule has 1 rings (SSSR count). The third kappa shape index (κ3) is 4.27. The van der Waals surface area contributed by atoms with Gasteiger partial charge in [0.15, 0.2) is 5.82 Å². The number of aromatic nitrogens is 1. The smallest absolute Gasteiger partial charge is 0.390 e. The maximum Gasteiger partial charge on any atom is 0.390 e. The molecule has 0 bridgehead atoms. The zero-order chi connectivity index (χ0) is 14.6. The normalized spacial score (nSPS) is 11.4. The Morgan fingerprint density at radius 2 is 2.16 bits per heavy atom. The van der Waals surface area contributed by atoms with Crippen LogP contribution in [0.25, 0.3) is 0 Å². The van der Waals surface area contributed by atoms with Crippen LogP contribution < -0.4 is 10.6 Å². The fourth-order valence-corrected chi connectivity index (χ4v) is 2.13. The van der Waals surface area contributed by atoms with Crippen molar-refractivity contribution in [1.82, 2.24) is 4.37 Å². The number of rotatable bonds is 5. The molecule has 1 aromatic rings. The van der Waals surface area contributed by atoms with Crippen molar-refractivity contribution < 1.29 is 22.7 Å². The van der Waals surface area contributed by atoms with Gasteiger partial charge in [0.2, 0.25) is 0 Å². The molecule has 0 radical (unpaired) electrons. The van der Waals surface area contributed by atoms with E-state index in [2.05, 4.69) is 4.37 Å². The van der Waals surface area contributed by atoms with Gasteiger partial charge in [-0.2, -0.15) is 17.5 Å². The van der Waals surface area contributed by atoms with E-state index in [9.17, 15) is 18.0 Å². The van der Waals surface area contributed by atoms with Crippen molar-refractivity contribution in [3.8, 4) is 0 Å². The zero-order valence-corrected chi connectivity index (χ0v) is 11.3. The number of esters is 1. The Morgan fingerprint density at radius 1 is 1.53 bits per heavy atom. The number of halogens is 3. The number of hydrogen-bond acceptors (Lipinski definition) is 6. The first-order valence-electron chi connectivity index (χ1n) is 5.46. The summed E-state index contributed by atoms with van der Waals surface area (Å²) in [7, 11) is 1.45.